The van der Waals surface area contributed by atoms with E-state index in [-0.39, 0.29) is 12.2 Å². The minimum Gasteiger partial charge on any atom is -0.353 e. The van der Waals surface area contributed by atoms with Crippen LogP contribution in [0.3, 0.4) is 0 Å². The molecule has 0 spiro atoms. The molecule has 6 heteroatoms. The van der Waals surface area contributed by atoms with Crippen LogP contribution in [0.15, 0.2) is 11.8 Å². The molecule has 0 aromatic heterocycles. The van der Waals surface area contributed by atoms with Gasteiger partial charge >= 0.3 is 0 Å². The Balaban J connectivity index is 1.48. The first-order valence-electron chi connectivity index (χ1n) is 7.31. The summed E-state index contributed by atoms with van der Waals surface area (Å²) in [6.45, 7) is 1.58. The summed E-state index contributed by atoms with van der Waals surface area (Å²) >= 11 is 4.86. The number of unbranched alkanes of at least 4 members (excludes halogenated alkanes) is 3. The molecule has 2 N–H and O–H groups in total. The van der Waals surface area contributed by atoms with Gasteiger partial charge in [-0.3, -0.25) is 10.1 Å². The van der Waals surface area contributed by atoms with Crippen LogP contribution in [0.4, 0.5) is 0 Å². The van der Waals surface area contributed by atoms with E-state index in [1.165, 1.54) is 6.42 Å². The Morgan fingerprint density at radius 2 is 2.20 bits per heavy atom. The first-order chi connectivity index (χ1) is 9.75. The number of amides is 1. The molecule has 2 heterocycles. The van der Waals surface area contributed by atoms with Gasteiger partial charge < -0.3 is 14.8 Å². The van der Waals surface area contributed by atoms with E-state index >= 15 is 0 Å². The van der Waals surface area contributed by atoms with Crippen molar-refractivity contribution >= 4 is 23.2 Å². The van der Waals surface area contributed by atoms with Gasteiger partial charge in [0.2, 0.25) is 0 Å². The number of hydrogen-bond donors (Lipinski definition) is 2. The van der Waals surface area contributed by atoms with Crippen molar-refractivity contribution in [3.05, 3.63) is 11.8 Å². The fraction of sp³-hybridized carbons (Fsp3) is 0.714. The summed E-state index contributed by atoms with van der Waals surface area (Å²) in [6, 6.07) is 0. The molecule has 0 aromatic rings. The van der Waals surface area contributed by atoms with Crippen molar-refractivity contribution in [2.45, 2.75) is 51.2 Å². The number of carbonyl (C=O) groups is 1. The van der Waals surface area contributed by atoms with Crippen molar-refractivity contribution in [1.82, 2.24) is 10.6 Å². The van der Waals surface area contributed by atoms with Crippen molar-refractivity contribution in [2.24, 2.45) is 0 Å². The fourth-order valence-electron chi connectivity index (χ4n) is 2.25. The van der Waals surface area contributed by atoms with Gasteiger partial charge in [-0.1, -0.05) is 12.5 Å². The van der Waals surface area contributed by atoms with E-state index < -0.39 is 0 Å². The summed E-state index contributed by atoms with van der Waals surface area (Å²) in [5.74, 6) is -0.132. The highest BCUT2D eigenvalue weighted by atomic mass is 32.1. The van der Waals surface area contributed by atoms with Crippen molar-refractivity contribution < 1.29 is 14.3 Å². The first-order valence-corrected chi connectivity index (χ1v) is 7.72. The lowest BCUT2D eigenvalue weighted by molar-refractivity contribution is -0.162. The molecule has 5 nitrogen and oxygen atoms in total. The van der Waals surface area contributed by atoms with E-state index in [0.29, 0.717) is 10.8 Å². The smallest absolute Gasteiger partial charge is 0.273 e. The highest BCUT2D eigenvalue weighted by molar-refractivity contribution is 7.80. The van der Waals surface area contributed by atoms with Gasteiger partial charge in [0.05, 0.1) is 0 Å². The Labute approximate surface area is 125 Å². The predicted octanol–water partition coefficient (Wildman–Crippen LogP) is 1.98. The number of ether oxygens (including phenoxy) is 2. The van der Waals surface area contributed by atoms with Crippen LogP contribution in [-0.4, -0.2) is 30.5 Å². The normalized spacial score (nSPS) is 24.8. The van der Waals surface area contributed by atoms with Gasteiger partial charge in [0.1, 0.15) is 5.70 Å². The lowest BCUT2D eigenvalue weighted by Crippen LogP contribution is -2.22. The lowest BCUT2D eigenvalue weighted by atomic mass is 10.2. The Hall–Kier alpha value is -0.980. The molecular formula is C14H22N2O3S. The molecule has 2 aliphatic heterocycles. The quantitative estimate of drug-likeness (QED) is 0.427. The predicted molar refractivity (Wildman–Crippen MR) is 80.0 cm³/mol. The molecule has 1 atom stereocenters. The average Bonchev–Trinajstić information content (AvgIpc) is 2.77. The molecule has 0 aliphatic carbocycles. The van der Waals surface area contributed by atoms with Gasteiger partial charge in [-0.15, -0.1) is 0 Å². The van der Waals surface area contributed by atoms with Crippen molar-refractivity contribution in [3.8, 4) is 0 Å². The molecule has 2 saturated heterocycles. The molecule has 2 aliphatic rings. The molecule has 2 rings (SSSR count). The van der Waals surface area contributed by atoms with Gasteiger partial charge in [-0.05, 0) is 50.7 Å². The highest BCUT2D eigenvalue weighted by Gasteiger charge is 2.19. The summed E-state index contributed by atoms with van der Waals surface area (Å²) in [6.07, 6.45) is 9.32. The second-order valence-corrected chi connectivity index (χ2v) is 5.45. The van der Waals surface area contributed by atoms with Crippen LogP contribution in [0.2, 0.25) is 0 Å². The zero-order valence-corrected chi connectivity index (χ0v) is 12.5. The molecule has 1 unspecified atom stereocenters. The maximum atomic E-state index is 11.4. The Morgan fingerprint density at radius 3 is 2.90 bits per heavy atom. The second-order valence-electron chi connectivity index (χ2n) is 5.04. The van der Waals surface area contributed by atoms with E-state index in [1.807, 2.05) is 6.08 Å². The maximum absolute atomic E-state index is 11.4. The summed E-state index contributed by atoms with van der Waals surface area (Å²) in [4.78, 5) is 11.4. The summed E-state index contributed by atoms with van der Waals surface area (Å²) in [5, 5.41) is 5.77. The standard InChI is InChI=1S/C14H22N2O3S/c17-13-11(15-14(20)16-13)7-3-1-2-5-9-18-12-8-4-6-10-19-12/h7,12H,1-6,8-10H2,(H2,15,16,17,20)/b11-7+. The minimum atomic E-state index is -0.132. The van der Waals surface area contributed by atoms with Crippen LogP contribution < -0.4 is 10.6 Å². The van der Waals surface area contributed by atoms with Gasteiger partial charge in [-0.2, -0.15) is 0 Å². The monoisotopic (exact) mass is 298 g/mol. The molecule has 0 radical (unpaired) electrons. The third-order valence-electron chi connectivity index (χ3n) is 3.36. The topological polar surface area (TPSA) is 59.6 Å². The number of rotatable bonds is 7. The average molecular weight is 298 g/mol. The van der Waals surface area contributed by atoms with Crippen LogP contribution in [-0.2, 0) is 14.3 Å². The number of allylic oxidation sites excluding steroid dienone is 1. The Bertz CT molecular complexity index is 379. The Morgan fingerprint density at radius 1 is 1.30 bits per heavy atom. The van der Waals surface area contributed by atoms with E-state index in [0.717, 1.165) is 51.7 Å². The second kappa shape index (κ2) is 8.34. The summed E-state index contributed by atoms with van der Waals surface area (Å²) < 4.78 is 11.2. The van der Waals surface area contributed by atoms with Crippen LogP contribution in [0.1, 0.15) is 44.9 Å². The molecule has 0 saturated carbocycles. The number of thiocarbonyl (C=S) groups is 1. The zero-order valence-electron chi connectivity index (χ0n) is 11.7. The van der Waals surface area contributed by atoms with Gasteiger partial charge in [-0.25, -0.2) is 0 Å². The third kappa shape index (κ3) is 5.19. The molecule has 20 heavy (non-hydrogen) atoms. The van der Waals surface area contributed by atoms with Crippen LogP contribution >= 0.6 is 12.2 Å². The molecule has 1 amide bonds. The van der Waals surface area contributed by atoms with Gasteiger partial charge in [0, 0.05) is 13.2 Å². The molecule has 0 bridgehead atoms. The highest BCUT2D eigenvalue weighted by Crippen LogP contribution is 2.14. The van der Waals surface area contributed by atoms with Crippen molar-refractivity contribution in [3.63, 3.8) is 0 Å². The minimum absolute atomic E-state index is 0.0123. The van der Waals surface area contributed by atoms with Crippen LogP contribution in [0, 0.1) is 0 Å². The number of carbonyl (C=O) groups excluding carboxylic acids is 1. The van der Waals surface area contributed by atoms with Crippen molar-refractivity contribution in [1.29, 1.82) is 0 Å². The third-order valence-corrected chi connectivity index (χ3v) is 3.56. The fourth-order valence-corrected chi connectivity index (χ4v) is 2.45. The van der Waals surface area contributed by atoms with Crippen molar-refractivity contribution in [2.75, 3.05) is 13.2 Å². The molecular weight excluding hydrogens is 276 g/mol. The maximum Gasteiger partial charge on any atom is 0.273 e. The van der Waals surface area contributed by atoms with Crippen LogP contribution in [0.5, 0.6) is 0 Å². The van der Waals surface area contributed by atoms with E-state index in [9.17, 15) is 4.79 Å². The van der Waals surface area contributed by atoms with Gasteiger partial charge in [0.15, 0.2) is 11.4 Å². The summed E-state index contributed by atoms with van der Waals surface area (Å²) in [5.41, 5.74) is 0.571. The largest absolute Gasteiger partial charge is 0.353 e. The molecule has 0 aromatic carbocycles. The zero-order chi connectivity index (χ0) is 14.2. The van der Waals surface area contributed by atoms with Crippen LogP contribution in [0.25, 0.3) is 0 Å². The molecule has 2 fully saturated rings. The Kier molecular flexibility index (Phi) is 6.42. The SMILES string of the molecule is O=C1NC(=S)N/C1=C/CCCCCOC1CCCCO1. The molecule has 112 valence electrons. The van der Waals surface area contributed by atoms with E-state index in [2.05, 4.69) is 10.6 Å². The first kappa shape index (κ1) is 15.4. The number of hydrogen-bond acceptors (Lipinski definition) is 4. The van der Waals surface area contributed by atoms with Gasteiger partial charge in [0.25, 0.3) is 5.91 Å². The lowest BCUT2D eigenvalue weighted by Gasteiger charge is -2.22. The van der Waals surface area contributed by atoms with E-state index in [1.54, 1.807) is 0 Å². The summed E-state index contributed by atoms with van der Waals surface area (Å²) in [7, 11) is 0. The van der Waals surface area contributed by atoms with E-state index in [4.69, 9.17) is 21.7 Å². The number of nitrogens with one attached hydrogen (secondary N) is 2.